The van der Waals surface area contributed by atoms with Crippen molar-refractivity contribution in [2.24, 2.45) is 7.05 Å². The lowest BCUT2D eigenvalue weighted by Gasteiger charge is -2.06. The molecule has 0 aliphatic carbocycles. The Morgan fingerprint density at radius 2 is 2.05 bits per heavy atom. The van der Waals surface area contributed by atoms with Gasteiger partial charge in [0, 0.05) is 36.1 Å². The molecule has 4 heteroatoms. The lowest BCUT2D eigenvalue weighted by molar-refractivity contribution is 0.675. The van der Waals surface area contributed by atoms with Gasteiger partial charge >= 0.3 is 0 Å². The van der Waals surface area contributed by atoms with Gasteiger partial charge < -0.3 is 9.88 Å². The fraction of sp³-hybridized carbons (Fsp3) is 0.400. The number of nitrogens with zero attached hydrogens (tertiary/aromatic N) is 2. The lowest BCUT2D eigenvalue weighted by Crippen LogP contribution is -2.13. The molecular weight excluding hydrogens is 254 g/mol. The maximum atomic E-state index is 4.13. The first-order valence-electron chi connectivity index (χ1n) is 6.67. The zero-order valence-electron chi connectivity index (χ0n) is 11.6. The molecule has 0 amide bonds. The second-order valence-corrected chi connectivity index (χ2v) is 5.65. The quantitative estimate of drug-likeness (QED) is 0.621. The molecule has 2 rings (SSSR count). The molecule has 0 aliphatic rings. The number of hydrogen-bond acceptors (Lipinski definition) is 3. The number of hydrogen-bond donors (Lipinski definition) is 1. The molecular formula is C15H21N3S. The van der Waals surface area contributed by atoms with Gasteiger partial charge in [0.25, 0.3) is 0 Å². The third-order valence-electron chi connectivity index (χ3n) is 2.98. The fourth-order valence-corrected chi connectivity index (χ4v) is 2.72. The Morgan fingerprint density at radius 3 is 2.68 bits per heavy atom. The Kier molecular flexibility index (Phi) is 5.48. The largest absolute Gasteiger partial charge is 0.337 e. The van der Waals surface area contributed by atoms with E-state index in [2.05, 4.69) is 46.1 Å². The van der Waals surface area contributed by atoms with E-state index in [0.29, 0.717) is 0 Å². The van der Waals surface area contributed by atoms with Gasteiger partial charge in [0.15, 0.2) is 0 Å². The van der Waals surface area contributed by atoms with E-state index < -0.39 is 0 Å². The van der Waals surface area contributed by atoms with Gasteiger partial charge in [-0.25, -0.2) is 4.98 Å². The Labute approximate surface area is 119 Å². The number of nitrogens with one attached hydrogen (secondary N) is 1. The summed E-state index contributed by atoms with van der Waals surface area (Å²) in [6, 6.07) is 8.80. The van der Waals surface area contributed by atoms with E-state index in [0.717, 1.165) is 18.8 Å². The molecule has 19 heavy (non-hydrogen) atoms. The van der Waals surface area contributed by atoms with Crippen molar-refractivity contribution in [3.63, 3.8) is 0 Å². The van der Waals surface area contributed by atoms with Crippen LogP contribution < -0.4 is 5.32 Å². The fourth-order valence-electron chi connectivity index (χ4n) is 1.79. The second-order valence-electron chi connectivity index (χ2n) is 4.61. The van der Waals surface area contributed by atoms with Crippen LogP contribution in [0.1, 0.15) is 24.6 Å². The van der Waals surface area contributed by atoms with E-state index in [4.69, 9.17) is 0 Å². The van der Waals surface area contributed by atoms with Crippen LogP contribution in [0.3, 0.4) is 0 Å². The number of imidazole rings is 1. The van der Waals surface area contributed by atoms with Crippen LogP contribution in [0.15, 0.2) is 41.7 Å². The average Bonchev–Trinajstić information content (AvgIpc) is 2.84. The van der Waals surface area contributed by atoms with Crippen LogP contribution in [0.4, 0.5) is 0 Å². The Hall–Kier alpha value is -1.26. The summed E-state index contributed by atoms with van der Waals surface area (Å²) in [7, 11) is 2.03. The molecule has 0 fully saturated rings. The summed E-state index contributed by atoms with van der Waals surface area (Å²) < 4.78 is 2.07. The predicted molar refractivity (Wildman–Crippen MR) is 81.2 cm³/mol. The van der Waals surface area contributed by atoms with Gasteiger partial charge in [-0.2, -0.15) is 0 Å². The van der Waals surface area contributed by atoms with Crippen molar-refractivity contribution in [3.8, 4) is 0 Å². The summed E-state index contributed by atoms with van der Waals surface area (Å²) in [6.07, 6.45) is 4.95. The highest BCUT2D eigenvalue weighted by Gasteiger charge is 2.00. The summed E-state index contributed by atoms with van der Waals surface area (Å²) in [5.41, 5.74) is 2.59. The number of rotatable bonds is 7. The zero-order valence-corrected chi connectivity index (χ0v) is 12.4. The summed E-state index contributed by atoms with van der Waals surface area (Å²) in [5, 5.41) is 3.41. The summed E-state index contributed by atoms with van der Waals surface area (Å²) in [4.78, 5) is 5.44. The monoisotopic (exact) mass is 275 g/mol. The average molecular weight is 275 g/mol. The summed E-state index contributed by atoms with van der Waals surface area (Å²) in [5.74, 6) is 0.962. The molecule has 1 aromatic carbocycles. The third kappa shape index (κ3) is 4.40. The van der Waals surface area contributed by atoms with E-state index in [1.807, 2.05) is 31.3 Å². The minimum atomic E-state index is 0.959. The van der Waals surface area contributed by atoms with Gasteiger partial charge in [-0.15, -0.1) is 11.8 Å². The van der Waals surface area contributed by atoms with Gasteiger partial charge in [0.05, 0.1) is 6.33 Å². The van der Waals surface area contributed by atoms with Crippen LogP contribution in [0.5, 0.6) is 0 Å². The molecule has 2 aromatic rings. The highest BCUT2D eigenvalue weighted by atomic mass is 32.2. The van der Waals surface area contributed by atoms with Crippen LogP contribution in [0, 0.1) is 0 Å². The van der Waals surface area contributed by atoms with Gasteiger partial charge in [-0.05, 0) is 30.7 Å². The number of aryl methyl sites for hydroxylation is 1. The first-order valence-corrected chi connectivity index (χ1v) is 7.66. The highest BCUT2D eigenvalue weighted by Crippen LogP contribution is 2.22. The van der Waals surface area contributed by atoms with Crippen molar-refractivity contribution in [1.29, 1.82) is 0 Å². The summed E-state index contributed by atoms with van der Waals surface area (Å²) >= 11 is 1.85. The van der Waals surface area contributed by atoms with Gasteiger partial charge in [0.2, 0.25) is 0 Å². The van der Waals surface area contributed by atoms with Crippen LogP contribution in [-0.2, 0) is 19.3 Å². The van der Waals surface area contributed by atoms with Crippen molar-refractivity contribution < 1.29 is 0 Å². The Balaban J connectivity index is 1.83. The van der Waals surface area contributed by atoms with Crippen molar-refractivity contribution in [1.82, 2.24) is 14.9 Å². The van der Waals surface area contributed by atoms with Gasteiger partial charge in [-0.1, -0.05) is 19.1 Å². The number of thioether (sulfide) groups is 1. The zero-order chi connectivity index (χ0) is 13.5. The van der Waals surface area contributed by atoms with Crippen LogP contribution >= 0.6 is 11.8 Å². The minimum Gasteiger partial charge on any atom is -0.337 e. The van der Waals surface area contributed by atoms with Crippen molar-refractivity contribution in [2.75, 3.05) is 6.54 Å². The maximum Gasteiger partial charge on any atom is 0.0945 e. The van der Waals surface area contributed by atoms with E-state index in [9.17, 15) is 0 Å². The third-order valence-corrected chi connectivity index (χ3v) is 4.03. The number of benzene rings is 1. The topological polar surface area (TPSA) is 29.9 Å². The van der Waals surface area contributed by atoms with E-state index in [-0.39, 0.29) is 0 Å². The molecule has 1 heterocycles. The van der Waals surface area contributed by atoms with Crippen molar-refractivity contribution >= 4 is 11.8 Å². The maximum absolute atomic E-state index is 4.13. The molecule has 0 spiro atoms. The van der Waals surface area contributed by atoms with E-state index >= 15 is 0 Å². The predicted octanol–water partition coefficient (Wildman–Crippen LogP) is 3.21. The molecule has 0 unspecified atom stereocenters. The lowest BCUT2D eigenvalue weighted by atomic mass is 10.2. The molecule has 0 radical (unpaired) electrons. The highest BCUT2D eigenvalue weighted by molar-refractivity contribution is 7.98. The summed E-state index contributed by atoms with van der Waals surface area (Å²) in [6.45, 7) is 4.22. The molecule has 1 aromatic heterocycles. The van der Waals surface area contributed by atoms with Gasteiger partial charge in [-0.3, -0.25) is 0 Å². The molecule has 3 nitrogen and oxygen atoms in total. The molecule has 0 aliphatic heterocycles. The second kappa shape index (κ2) is 7.36. The van der Waals surface area contributed by atoms with Crippen LogP contribution in [0.2, 0.25) is 0 Å². The molecule has 102 valence electrons. The molecule has 0 bridgehead atoms. The smallest absolute Gasteiger partial charge is 0.0945 e. The first-order chi connectivity index (χ1) is 9.29. The molecule has 0 saturated heterocycles. The Bertz CT molecular complexity index is 490. The van der Waals surface area contributed by atoms with Crippen molar-refractivity contribution in [2.45, 2.75) is 30.5 Å². The number of aromatic nitrogens is 2. The SMILES string of the molecule is CCCNCc1ccc(SCc2cncn2C)cc1. The van der Waals surface area contributed by atoms with Gasteiger partial charge in [0.1, 0.15) is 0 Å². The molecule has 0 saturated carbocycles. The molecule has 0 atom stereocenters. The first kappa shape index (κ1) is 14.2. The Morgan fingerprint density at radius 1 is 1.26 bits per heavy atom. The van der Waals surface area contributed by atoms with Crippen LogP contribution in [-0.4, -0.2) is 16.1 Å². The van der Waals surface area contributed by atoms with Crippen LogP contribution in [0.25, 0.3) is 0 Å². The molecule has 1 N–H and O–H groups in total. The standard InChI is InChI=1S/C15H21N3S/c1-3-8-16-9-13-4-6-15(7-5-13)19-11-14-10-17-12-18(14)2/h4-7,10,12,16H,3,8-9,11H2,1-2H3. The van der Waals surface area contributed by atoms with E-state index in [1.54, 1.807) is 0 Å². The van der Waals surface area contributed by atoms with Crippen molar-refractivity contribution in [3.05, 3.63) is 48.0 Å². The normalized spacial score (nSPS) is 10.8. The minimum absolute atomic E-state index is 0.959. The van der Waals surface area contributed by atoms with E-state index in [1.165, 1.54) is 22.6 Å².